The highest BCUT2D eigenvalue weighted by Crippen LogP contribution is 2.07. The standard InChI is InChI=1S/C17H24N4OS/c1-3-4-5-6-13(2)12-19-17(23)21-20-16(22)15-9-7-14(11-18)8-10-15/h7-10,13H,3-6,12H2,1-2H3,(H,20,22)(H2,19,21,23)/t13-/m1/s1. The van der Waals surface area contributed by atoms with Gasteiger partial charge in [0.25, 0.3) is 5.91 Å². The Balaban J connectivity index is 2.27. The van der Waals surface area contributed by atoms with Crippen LogP contribution in [0.4, 0.5) is 0 Å². The van der Waals surface area contributed by atoms with E-state index in [-0.39, 0.29) is 5.91 Å². The second-order valence-corrected chi connectivity index (χ2v) is 5.99. The van der Waals surface area contributed by atoms with Crippen molar-refractivity contribution in [3.05, 3.63) is 35.4 Å². The fraction of sp³-hybridized carbons (Fsp3) is 0.471. The van der Waals surface area contributed by atoms with Crippen LogP contribution in [-0.2, 0) is 0 Å². The maximum Gasteiger partial charge on any atom is 0.269 e. The number of benzene rings is 1. The Hall–Kier alpha value is -2.13. The summed E-state index contributed by atoms with van der Waals surface area (Å²) < 4.78 is 0. The molecule has 1 aromatic rings. The highest BCUT2D eigenvalue weighted by atomic mass is 32.1. The molecular weight excluding hydrogens is 308 g/mol. The normalized spacial score (nSPS) is 11.2. The van der Waals surface area contributed by atoms with E-state index >= 15 is 0 Å². The number of rotatable bonds is 7. The summed E-state index contributed by atoms with van der Waals surface area (Å²) in [6.45, 7) is 5.15. The number of unbranched alkanes of at least 4 members (excludes halogenated alkanes) is 2. The lowest BCUT2D eigenvalue weighted by Gasteiger charge is -2.15. The topological polar surface area (TPSA) is 76.9 Å². The lowest BCUT2D eigenvalue weighted by molar-refractivity contribution is 0.0943. The molecule has 0 radical (unpaired) electrons. The molecule has 1 aromatic carbocycles. The molecule has 0 aliphatic carbocycles. The van der Waals surface area contributed by atoms with Crippen LogP contribution in [0.25, 0.3) is 0 Å². The van der Waals surface area contributed by atoms with Crippen molar-refractivity contribution in [3.8, 4) is 6.07 Å². The number of thiocarbonyl (C=S) groups is 1. The van der Waals surface area contributed by atoms with Crippen LogP contribution in [0.1, 0.15) is 55.5 Å². The third kappa shape index (κ3) is 7.61. The molecule has 0 aliphatic heterocycles. The van der Waals surface area contributed by atoms with Gasteiger partial charge in [0.15, 0.2) is 5.11 Å². The average molecular weight is 332 g/mol. The van der Waals surface area contributed by atoms with Crippen molar-refractivity contribution >= 4 is 23.2 Å². The molecule has 3 N–H and O–H groups in total. The van der Waals surface area contributed by atoms with Crippen LogP contribution in [0.3, 0.4) is 0 Å². The zero-order chi connectivity index (χ0) is 17.1. The van der Waals surface area contributed by atoms with Gasteiger partial charge in [0, 0.05) is 12.1 Å². The van der Waals surface area contributed by atoms with Crippen molar-refractivity contribution in [2.75, 3.05) is 6.54 Å². The zero-order valence-corrected chi connectivity index (χ0v) is 14.5. The first-order chi connectivity index (χ1) is 11.1. The van der Waals surface area contributed by atoms with Gasteiger partial charge < -0.3 is 5.32 Å². The summed E-state index contributed by atoms with van der Waals surface area (Å²) in [5, 5.41) is 12.2. The molecule has 0 saturated carbocycles. The van der Waals surface area contributed by atoms with Crippen molar-refractivity contribution in [2.24, 2.45) is 5.92 Å². The molecule has 0 unspecified atom stereocenters. The van der Waals surface area contributed by atoms with E-state index in [1.54, 1.807) is 24.3 Å². The summed E-state index contributed by atoms with van der Waals surface area (Å²) >= 11 is 5.14. The van der Waals surface area contributed by atoms with Gasteiger partial charge >= 0.3 is 0 Å². The second kappa shape index (κ2) is 10.6. The fourth-order valence-corrected chi connectivity index (χ4v) is 2.17. The average Bonchev–Trinajstić information content (AvgIpc) is 2.58. The predicted molar refractivity (Wildman–Crippen MR) is 95.7 cm³/mol. The summed E-state index contributed by atoms with van der Waals surface area (Å²) in [7, 11) is 0. The maximum absolute atomic E-state index is 11.9. The minimum absolute atomic E-state index is 0.297. The molecule has 6 heteroatoms. The maximum atomic E-state index is 11.9. The van der Waals surface area contributed by atoms with Crippen LogP contribution < -0.4 is 16.2 Å². The summed E-state index contributed by atoms with van der Waals surface area (Å²) in [6, 6.07) is 8.41. The van der Waals surface area contributed by atoms with Gasteiger partial charge in [-0.25, -0.2) is 0 Å². The number of nitrogens with zero attached hydrogens (tertiary/aromatic N) is 1. The van der Waals surface area contributed by atoms with Crippen LogP contribution in [0.15, 0.2) is 24.3 Å². The summed E-state index contributed by atoms with van der Waals surface area (Å²) in [5.41, 5.74) is 6.21. The smallest absolute Gasteiger partial charge is 0.269 e. The quantitative estimate of drug-likeness (QED) is 0.407. The van der Waals surface area contributed by atoms with E-state index < -0.39 is 0 Å². The van der Waals surface area contributed by atoms with Crippen molar-refractivity contribution in [2.45, 2.75) is 39.5 Å². The number of nitriles is 1. The van der Waals surface area contributed by atoms with Crippen LogP contribution in [-0.4, -0.2) is 17.6 Å². The van der Waals surface area contributed by atoms with Crippen molar-refractivity contribution in [3.63, 3.8) is 0 Å². The van der Waals surface area contributed by atoms with Crippen LogP contribution in [0.5, 0.6) is 0 Å². The first-order valence-electron chi connectivity index (χ1n) is 7.91. The van der Waals surface area contributed by atoms with E-state index in [0.29, 0.717) is 22.2 Å². The Labute approximate surface area is 143 Å². The number of hydrogen-bond acceptors (Lipinski definition) is 3. The Morgan fingerprint density at radius 2 is 1.96 bits per heavy atom. The van der Waals surface area contributed by atoms with Crippen molar-refractivity contribution in [1.29, 1.82) is 5.26 Å². The third-order valence-electron chi connectivity index (χ3n) is 3.48. The van der Waals surface area contributed by atoms with E-state index in [1.165, 1.54) is 25.7 Å². The molecule has 124 valence electrons. The Kier molecular flexibility index (Phi) is 8.70. The van der Waals surface area contributed by atoms with Gasteiger partial charge in [-0.1, -0.05) is 33.1 Å². The molecule has 0 bridgehead atoms. The van der Waals surface area contributed by atoms with Gasteiger partial charge in [-0.15, -0.1) is 0 Å². The molecule has 1 rings (SSSR count). The van der Waals surface area contributed by atoms with Gasteiger partial charge in [-0.2, -0.15) is 5.26 Å². The highest BCUT2D eigenvalue weighted by molar-refractivity contribution is 7.80. The first-order valence-corrected chi connectivity index (χ1v) is 8.32. The largest absolute Gasteiger partial charge is 0.361 e. The van der Waals surface area contributed by atoms with E-state index in [2.05, 4.69) is 30.0 Å². The number of amides is 1. The first kappa shape index (κ1) is 18.9. The molecule has 23 heavy (non-hydrogen) atoms. The van der Waals surface area contributed by atoms with Crippen molar-refractivity contribution < 1.29 is 4.79 Å². The van der Waals surface area contributed by atoms with Gasteiger partial charge in [0.1, 0.15) is 0 Å². The number of hydrogen-bond donors (Lipinski definition) is 3. The Morgan fingerprint density at radius 3 is 2.57 bits per heavy atom. The number of carbonyl (C=O) groups excluding carboxylic acids is 1. The zero-order valence-electron chi connectivity index (χ0n) is 13.7. The Bertz CT molecular complexity index is 551. The molecule has 0 heterocycles. The molecule has 5 nitrogen and oxygen atoms in total. The molecule has 0 aromatic heterocycles. The van der Waals surface area contributed by atoms with Gasteiger partial charge in [0.05, 0.1) is 11.6 Å². The van der Waals surface area contributed by atoms with Gasteiger partial charge in [0.2, 0.25) is 0 Å². The molecule has 0 fully saturated rings. The van der Waals surface area contributed by atoms with Gasteiger partial charge in [-0.05, 0) is 48.8 Å². The highest BCUT2D eigenvalue weighted by Gasteiger charge is 2.06. The van der Waals surface area contributed by atoms with Crippen molar-refractivity contribution in [1.82, 2.24) is 16.2 Å². The van der Waals surface area contributed by atoms with Crippen LogP contribution >= 0.6 is 12.2 Å². The van der Waals surface area contributed by atoms with E-state index in [9.17, 15) is 4.79 Å². The SMILES string of the molecule is CCCCC[C@@H](C)CNC(=S)NNC(=O)c1ccc(C#N)cc1. The number of nitrogens with one attached hydrogen (secondary N) is 3. The van der Waals surface area contributed by atoms with E-state index in [1.807, 2.05) is 6.07 Å². The molecule has 1 atom stereocenters. The summed E-state index contributed by atoms with van der Waals surface area (Å²) in [5.74, 6) is 0.241. The van der Waals surface area contributed by atoms with Crippen LogP contribution in [0.2, 0.25) is 0 Å². The fourth-order valence-electron chi connectivity index (χ4n) is 2.04. The predicted octanol–water partition coefficient (Wildman–Crippen LogP) is 2.88. The molecule has 0 spiro atoms. The minimum atomic E-state index is -0.297. The second-order valence-electron chi connectivity index (χ2n) is 5.58. The lowest BCUT2D eigenvalue weighted by Crippen LogP contribution is -2.47. The molecular formula is C17H24N4OS. The number of hydrazine groups is 1. The van der Waals surface area contributed by atoms with Crippen LogP contribution in [0, 0.1) is 17.2 Å². The Morgan fingerprint density at radius 1 is 1.26 bits per heavy atom. The lowest BCUT2D eigenvalue weighted by atomic mass is 10.0. The summed E-state index contributed by atoms with van der Waals surface area (Å²) in [4.78, 5) is 11.9. The van der Waals surface area contributed by atoms with E-state index in [0.717, 1.165) is 6.54 Å². The molecule has 1 amide bonds. The third-order valence-corrected chi connectivity index (χ3v) is 3.72. The van der Waals surface area contributed by atoms with Gasteiger partial charge in [-0.3, -0.25) is 15.6 Å². The summed E-state index contributed by atoms with van der Waals surface area (Å²) in [6.07, 6.45) is 4.88. The monoisotopic (exact) mass is 332 g/mol. The molecule has 0 saturated heterocycles. The number of carbonyl (C=O) groups is 1. The molecule has 0 aliphatic rings. The van der Waals surface area contributed by atoms with E-state index in [4.69, 9.17) is 17.5 Å². The minimum Gasteiger partial charge on any atom is -0.361 e.